The van der Waals surface area contributed by atoms with Crippen LogP contribution in [-0.2, 0) is 0 Å². The maximum absolute atomic E-state index is 12.8. The smallest absolute Gasteiger partial charge is 0.276 e. The molecule has 0 bridgehead atoms. The molecule has 0 atom stereocenters. The number of methoxy groups -OCH3 is 1. The van der Waals surface area contributed by atoms with E-state index in [2.05, 4.69) is 15.6 Å². The first-order valence-corrected chi connectivity index (χ1v) is 8.16. The monoisotopic (exact) mass is 329 g/mol. The molecule has 1 N–H and O–H groups in total. The summed E-state index contributed by atoms with van der Waals surface area (Å²) in [5.41, 5.74) is 2.00. The number of hydrogen-bond donors (Lipinski definition) is 1. The second-order valence-corrected chi connectivity index (χ2v) is 6.03. The first kappa shape index (κ1) is 16.4. The number of nitrogens with zero attached hydrogens (tertiary/aromatic N) is 4. The molecule has 1 aromatic heterocycles. The van der Waals surface area contributed by atoms with Gasteiger partial charge in [-0.15, -0.1) is 5.10 Å². The van der Waals surface area contributed by atoms with Gasteiger partial charge in [-0.25, -0.2) is 4.68 Å². The summed E-state index contributed by atoms with van der Waals surface area (Å²) in [6, 6.07) is 7.76. The summed E-state index contributed by atoms with van der Waals surface area (Å²) in [5, 5.41) is 11.6. The molecule has 2 aromatic rings. The number of benzene rings is 1. The number of aromatic nitrogens is 3. The van der Waals surface area contributed by atoms with Gasteiger partial charge >= 0.3 is 0 Å². The van der Waals surface area contributed by atoms with Gasteiger partial charge in [0.2, 0.25) is 0 Å². The maximum Gasteiger partial charge on any atom is 0.276 e. The quantitative estimate of drug-likeness (QED) is 0.918. The van der Waals surface area contributed by atoms with Crippen LogP contribution >= 0.6 is 0 Å². The van der Waals surface area contributed by atoms with E-state index in [4.69, 9.17) is 4.74 Å². The van der Waals surface area contributed by atoms with E-state index in [0.717, 1.165) is 43.1 Å². The average molecular weight is 329 g/mol. The van der Waals surface area contributed by atoms with Crippen LogP contribution in [-0.4, -0.2) is 59.1 Å². The molecule has 0 unspecified atom stereocenters. The van der Waals surface area contributed by atoms with Gasteiger partial charge in [-0.3, -0.25) is 4.79 Å². The van der Waals surface area contributed by atoms with Crippen molar-refractivity contribution in [3.8, 4) is 11.4 Å². The van der Waals surface area contributed by atoms with Gasteiger partial charge in [-0.05, 0) is 57.1 Å². The minimum Gasteiger partial charge on any atom is -0.497 e. The summed E-state index contributed by atoms with van der Waals surface area (Å²) in [4.78, 5) is 14.6. The topological polar surface area (TPSA) is 72.3 Å². The second kappa shape index (κ2) is 7.00. The lowest BCUT2D eigenvalue weighted by molar-refractivity contribution is 0.0696. The molecular weight excluding hydrogens is 306 g/mol. The second-order valence-electron chi connectivity index (χ2n) is 6.03. The fourth-order valence-electron chi connectivity index (χ4n) is 3.02. The number of amides is 1. The molecule has 24 heavy (non-hydrogen) atoms. The highest BCUT2D eigenvalue weighted by molar-refractivity contribution is 5.93. The third-order valence-corrected chi connectivity index (χ3v) is 4.59. The van der Waals surface area contributed by atoms with Crippen LogP contribution in [0.5, 0.6) is 5.75 Å². The number of hydrogen-bond acceptors (Lipinski definition) is 5. The minimum absolute atomic E-state index is 0.0702. The fourth-order valence-corrected chi connectivity index (χ4v) is 3.02. The molecule has 1 saturated heterocycles. The van der Waals surface area contributed by atoms with E-state index >= 15 is 0 Å². The van der Waals surface area contributed by atoms with Crippen molar-refractivity contribution in [3.63, 3.8) is 0 Å². The van der Waals surface area contributed by atoms with Crippen LogP contribution in [0, 0.1) is 6.92 Å². The van der Waals surface area contributed by atoms with Crippen molar-refractivity contribution in [1.29, 1.82) is 0 Å². The van der Waals surface area contributed by atoms with Crippen LogP contribution in [0.4, 0.5) is 0 Å². The van der Waals surface area contributed by atoms with Crippen molar-refractivity contribution >= 4 is 5.91 Å². The van der Waals surface area contributed by atoms with Crippen molar-refractivity contribution < 1.29 is 9.53 Å². The van der Waals surface area contributed by atoms with Gasteiger partial charge < -0.3 is 15.0 Å². The molecular formula is C17H23N5O2. The predicted molar refractivity (Wildman–Crippen MR) is 90.6 cm³/mol. The Morgan fingerprint density at radius 1 is 1.29 bits per heavy atom. The van der Waals surface area contributed by atoms with Gasteiger partial charge in [0.05, 0.1) is 18.5 Å². The first-order valence-electron chi connectivity index (χ1n) is 8.16. The van der Waals surface area contributed by atoms with Gasteiger partial charge in [0.25, 0.3) is 5.91 Å². The molecule has 1 aliphatic rings. The Labute approximate surface area is 141 Å². The van der Waals surface area contributed by atoms with Crippen LogP contribution in [0.15, 0.2) is 24.3 Å². The number of carbonyl (C=O) groups excluding carboxylic acids is 1. The predicted octanol–water partition coefficient (Wildman–Crippen LogP) is 1.41. The third kappa shape index (κ3) is 3.12. The number of nitrogens with one attached hydrogen (secondary N) is 1. The van der Waals surface area contributed by atoms with E-state index in [0.29, 0.717) is 5.69 Å². The standard InChI is InChI=1S/C17H23N5O2/c1-12-16(17(23)21(2)13-8-10-18-11-9-13)19-20-22(12)14-4-6-15(24-3)7-5-14/h4-7,13,18H,8-11H2,1-3H3. The molecule has 1 amide bonds. The molecule has 1 fully saturated rings. The third-order valence-electron chi connectivity index (χ3n) is 4.59. The van der Waals surface area contributed by atoms with E-state index in [-0.39, 0.29) is 11.9 Å². The SMILES string of the molecule is COc1ccc(-n2nnc(C(=O)N(C)C3CCNCC3)c2C)cc1. The highest BCUT2D eigenvalue weighted by atomic mass is 16.5. The normalized spacial score (nSPS) is 15.3. The Hall–Kier alpha value is -2.41. The zero-order chi connectivity index (χ0) is 17.1. The molecule has 1 aliphatic heterocycles. The number of piperidine rings is 1. The van der Waals surface area contributed by atoms with Crippen molar-refractivity contribution in [2.45, 2.75) is 25.8 Å². The van der Waals surface area contributed by atoms with E-state index in [1.165, 1.54) is 0 Å². The number of rotatable bonds is 4. The highest BCUT2D eigenvalue weighted by Crippen LogP contribution is 2.19. The molecule has 0 spiro atoms. The Balaban J connectivity index is 1.81. The van der Waals surface area contributed by atoms with E-state index in [9.17, 15) is 4.79 Å². The molecule has 1 aromatic carbocycles. The summed E-state index contributed by atoms with van der Waals surface area (Å²) in [5.74, 6) is 0.706. The van der Waals surface area contributed by atoms with Crippen LogP contribution in [0.1, 0.15) is 29.0 Å². The Kier molecular flexibility index (Phi) is 4.80. The van der Waals surface area contributed by atoms with Crippen molar-refractivity contribution in [3.05, 3.63) is 35.7 Å². The molecule has 0 radical (unpaired) electrons. The summed E-state index contributed by atoms with van der Waals surface area (Å²) in [7, 11) is 3.48. The fraction of sp³-hybridized carbons (Fsp3) is 0.471. The zero-order valence-corrected chi connectivity index (χ0v) is 14.3. The van der Waals surface area contributed by atoms with Gasteiger partial charge in [-0.1, -0.05) is 5.21 Å². The van der Waals surface area contributed by atoms with Gasteiger partial charge in [0, 0.05) is 13.1 Å². The van der Waals surface area contributed by atoms with Gasteiger partial charge in [0.15, 0.2) is 5.69 Å². The summed E-state index contributed by atoms with van der Waals surface area (Å²) in [6.07, 6.45) is 1.93. The van der Waals surface area contributed by atoms with Gasteiger partial charge in [0.1, 0.15) is 5.75 Å². The van der Waals surface area contributed by atoms with E-state index in [1.54, 1.807) is 16.7 Å². The summed E-state index contributed by atoms with van der Waals surface area (Å²) >= 11 is 0. The van der Waals surface area contributed by atoms with Gasteiger partial charge in [-0.2, -0.15) is 0 Å². The zero-order valence-electron chi connectivity index (χ0n) is 14.3. The highest BCUT2D eigenvalue weighted by Gasteiger charge is 2.26. The van der Waals surface area contributed by atoms with E-state index in [1.807, 2.05) is 38.2 Å². The minimum atomic E-state index is -0.0702. The molecule has 0 aliphatic carbocycles. The largest absolute Gasteiger partial charge is 0.497 e. The molecule has 0 saturated carbocycles. The van der Waals surface area contributed by atoms with Crippen molar-refractivity contribution in [2.24, 2.45) is 0 Å². The Bertz CT molecular complexity index is 704. The average Bonchev–Trinajstić information content (AvgIpc) is 3.02. The van der Waals surface area contributed by atoms with E-state index < -0.39 is 0 Å². The van der Waals surface area contributed by atoms with Crippen LogP contribution in [0.25, 0.3) is 5.69 Å². The summed E-state index contributed by atoms with van der Waals surface area (Å²) in [6.45, 7) is 3.76. The number of carbonyl (C=O) groups is 1. The van der Waals surface area contributed by atoms with Crippen molar-refractivity contribution in [2.75, 3.05) is 27.2 Å². The Morgan fingerprint density at radius 3 is 2.58 bits per heavy atom. The molecule has 128 valence electrons. The molecule has 2 heterocycles. The summed E-state index contributed by atoms with van der Waals surface area (Å²) < 4.78 is 6.85. The first-order chi connectivity index (χ1) is 11.6. The van der Waals surface area contributed by atoms with Crippen LogP contribution in [0.2, 0.25) is 0 Å². The molecule has 7 nitrogen and oxygen atoms in total. The van der Waals surface area contributed by atoms with Crippen LogP contribution in [0.3, 0.4) is 0 Å². The maximum atomic E-state index is 12.8. The lowest BCUT2D eigenvalue weighted by Gasteiger charge is -2.31. The molecule has 3 rings (SSSR count). The molecule has 7 heteroatoms. The lowest BCUT2D eigenvalue weighted by atomic mass is 10.0. The number of ether oxygens (including phenoxy) is 1. The van der Waals surface area contributed by atoms with Crippen molar-refractivity contribution in [1.82, 2.24) is 25.2 Å². The lowest BCUT2D eigenvalue weighted by Crippen LogP contribution is -2.44. The van der Waals surface area contributed by atoms with Crippen LogP contribution < -0.4 is 10.1 Å². The Morgan fingerprint density at radius 2 is 1.96 bits per heavy atom.